The molecule has 3 nitrogen and oxygen atoms in total. The maximum absolute atomic E-state index is 12.3. The highest BCUT2D eigenvalue weighted by atomic mass is 79.9. The summed E-state index contributed by atoms with van der Waals surface area (Å²) in [7, 11) is 0. The average molecular weight is 364 g/mol. The van der Waals surface area contributed by atoms with E-state index in [1.807, 2.05) is 0 Å². The third kappa shape index (κ3) is 2.58. The van der Waals surface area contributed by atoms with Gasteiger partial charge in [0, 0.05) is 12.1 Å². The standard InChI is InChI=1S/C13H16BrClN2OS/c1-7-11(8-2-4-17(7)5-3-8)16-13(18)10-6-9(15)12(14)19-10/h6-8,11H,2-5H2,1H3,(H,16,18)/t7-,11-/m0/s1. The second-order valence-corrected chi connectivity index (χ2v) is 8.12. The summed E-state index contributed by atoms with van der Waals surface area (Å²) in [5.41, 5.74) is 0. The van der Waals surface area contributed by atoms with Gasteiger partial charge in [0.15, 0.2) is 0 Å². The molecule has 4 rings (SSSR count). The van der Waals surface area contributed by atoms with E-state index >= 15 is 0 Å². The molecular weight excluding hydrogens is 348 g/mol. The minimum atomic E-state index is 0.00296. The number of nitrogens with one attached hydrogen (secondary N) is 1. The van der Waals surface area contributed by atoms with Crippen molar-refractivity contribution in [2.45, 2.75) is 31.8 Å². The molecule has 0 aromatic carbocycles. The number of carbonyl (C=O) groups excluding carboxylic acids is 1. The molecule has 1 aromatic heterocycles. The van der Waals surface area contributed by atoms with E-state index in [4.69, 9.17) is 11.6 Å². The van der Waals surface area contributed by atoms with Crippen LogP contribution in [0.5, 0.6) is 0 Å². The largest absolute Gasteiger partial charge is 0.347 e. The first-order valence-electron chi connectivity index (χ1n) is 6.56. The lowest BCUT2D eigenvalue weighted by Gasteiger charge is -2.49. The van der Waals surface area contributed by atoms with Crippen LogP contribution in [0.3, 0.4) is 0 Å². The van der Waals surface area contributed by atoms with Crippen LogP contribution in [0.1, 0.15) is 29.4 Å². The van der Waals surface area contributed by atoms with E-state index in [2.05, 4.69) is 33.1 Å². The molecule has 0 radical (unpaired) electrons. The van der Waals surface area contributed by atoms with Crippen LogP contribution in [0.15, 0.2) is 9.85 Å². The summed E-state index contributed by atoms with van der Waals surface area (Å²) in [6.45, 7) is 4.57. The molecule has 1 aromatic rings. The zero-order chi connectivity index (χ0) is 13.6. The average Bonchev–Trinajstić information content (AvgIpc) is 2.74. The van der Waals surface area contributed by atoms with Gasteiger partial charge in [0.05, 0.1) is 13.7 Å². The van der Waals surface area contributed by atoms with E-state index in [1.165, 1.54) is 37.3 Å². The van der Waals surface area contributed by atoms with Gasteiger partial charge in [-0.15, -0.1) is 11.3 Å². The fourth-order valence-electron chi connectivity index (χ4n) is 3.23. The van der Waals surface area contributed by atoms with E-state index in [9.17, 15) is 4.79 Å². The van der Waals surface area contributed by atoms with Crippen LogP contribution in [0, 0.1) is 5.92 Å². The van der Waals surface area contributed by atoms with E-state index in [0.717, 1.165) is 3.79 Å². The van der Waals surface area contributed by atoms with Gasteiger partial charge in [-0.1, -0.05) is 11.6 Å². The number of piperidine rings is 3. The smallest absolute Gasteiger partial charge is 0.261 e. The van der Waals surface area contributed by atoms with Crippen molar-refractivity contribution >= 4 is 44.8 Å². The van der Waals surface area contributed by atoms with Gasteiger partial charge < -0.3 is 5.32 Å². The summed E-state index contributed by atoms with van der Waals surface area (Å²) in [5, 5.41) is 3.82. The highest BCUT2D eigenvalue weighted by Crippen LogP contribution is 2.34. The molecule has 2 atom stereocenters. The predicted molar refractivity (Wildman–Crippen MR) is 82.0 cm³/mol. The van der Waals surface area contributed by atoms with Crippen LogP contribution in [0.25, 0.3) is 0 Å². The normalized spacial score (nSPS) is 33.4. The van der Waals surface area contributed by atoms with Gasteiger partial charge in [-0.25, -0.2) is 0 Å². The van der Waals surface area contributed by atoms with Crippen LogP contribution in [-0.2, 0) is 0 Å². The molecule has 0 unspecified atom stereocenters. The lowest BCUT2D eigenvalue weighted by atomic mass is 9.79. The first-order valence-corrected chi connectivity index (χ1v) is 8.54. The Balaban J connectivity index is 1.72. The van der Waals surface area contributed by atoms with E-state index < -0.39 is 0 Å². The van der Waals surface area contributed by atoms with Gasteiger partial charge in [0.25, 0.3) is 5.91 Å². The Labute approximate surface area is 130 Å². The van der Waals surface area contributed by atoms with Crippen molar-refractivity contribution in [2.24, 2.45) is 5.92 Å². The third-order valence-electron chi connectivity index (χ3n) is 4.34. The summed E-state index contributed by atoms with van der Waals surface area (Å²) in [4.78, 5) is 15.5. The monoisotopic (exact) mass is 362 g/mol. The number of thiophene rings is 1. The van der Waals surface area contributed by atoms with Crippen LogP contribution in [0.4, 0.5) is 0 Å². The molecule has 1 amide bonds. The number of amides is 1. The lowest BCUT2D eigenvalue weighted by molar-refractivity contribution is 0.0218. The van der Waals surface area contributed by atoms with Crippen molar-refractivity contribution in [1.82, 2.24) is 10.2 Å². The van der Waals surface area contributed by atoms with Crippen molar-refractivity contribution < 1.29 is 4.79 Å². The maximum Gasteiger partial charge on any atom is 0.261 e. The Kier molecular flexibility index (Phi) is 3.91. The van der Waals surface area contributed by atoms with Crippen LogP contribution >= 0.6 is 38.9 Å². The molecule has 3 aliphatic rings. The Morgan fingerprint density at radius 1 is 1.53 bits per heavy atom. The number of carbonyl (C=O) groups is 1. The van der Waals surface area contributed by atoms with Gasteiger partial charge >= 0.3 is 0 Å². The van der Waals surface area contributed by atoms with Crippen molar-refractivity contribution in [3.05, 3.63) is 19.8 Å². The number of nitrogens with zero attached hydrogens (tertiary/aromatic N) is 1. The molecule has 3 saturated heterocycles. The minimum absolute atomic E-state index is 0.00296. The summed E-state index contributed by atoms with van der Waals surface area (Å²) in [6, 6.07) is 2.45. The molecule has 0 spiro atoms. The zero-order valence-electron chi connectivity index (χ0n) is 10.7. The molecule has 104 valence electrons. The number of hydrogen-bond donors (Lipinski definition) is 1. The quantitative estimate of drug-likeness (QED) is 0.873. The molecule has 2 bridgehead atoms. The van der Waals surface area contributed by atoms with Crippen molar-refractivity contribution in [1.29, 1.82) is 0 Å². The molecule has 1 N–H and O–H groups in total. The SMILES string of the molecule is C[C@H]1[C@H](NC(=O)c2cc(Cl)c(Br)s2)C2CCN1CC2. The van der Waals surface area contributed by atoms with Gasteiger partial charge in [0.2, 0.25) is 0 Å². The fraction of sp³-hybridized carbons (Fsp3) is 0.615. The second-order valence-electron chi connectivity index (χ2n) is 5.35. The van der Waals surface area contributed by atoms with Crippen LogP contribution < -0.4 is 5.32 Å². The lowest BCUT2D eigenvalue weighted by Crippen LogP contribution is -2.62. The zero-order valence-corrected chi connectivity index (χ0v) is 13.8. The van der Waals surface area contributed by atoms with Crippen LogP contribution in [-0.4, -0.2) is 36.0 Å². The van der Waals surface area contributed by atoms with Gasteiger partial charge in [-0.05, 0) is 60.8 Å². The predicted octanol–water partition coefficient (Wildman–Crippen LogP) is 3.38. The molecule has 0 aliphatic carbocycles. The van der Waals surface area contributed by atoms with Gasteiger partial charge in [0.1, 0.15) is 0 Å². The fourth-order valence-corrected chi connectivity index (χ4v) is 4.83. The maximum atomic E-state index is 12.3. The Morgan fingerprint density at radius 2 is 2.21 bits per heavy atom. The second kappa shape index (κ2) is 5.35. The Morgan fingerprint density at radius 3 is 2.74 bits per heavy atom. The summed E-state index contributed by atoms with van der Waals surface area (Å²) in [6.07, 6.45) is 2.40. The summed E-state index contributed by atoms with van der Waals surface area (Å²) < 4.78 is 0.821. The molecular formula is C13H16BrClN2OS. The number of rotatable bonds is 2. The first-order chi connectivity index (χ1) is 9.06. The van der Waals surface area contributed by atoms with Gasteiger partial charge in [-0.2, -0.15) is 0 Å². The highest BCUT2D eigenvalue weighted by molar-refractivity contribution is 9.11. The van der Waals surface area contributed by atoms with Crippen molar-refractivity contribution in [2.75, 3.05) is 13.1 Å². The molecule has 19 heavy (non-hydrogen) atoms. The number of hydrogen-bond acceptors (Lipinski definition) is 3. The first kappa shape index (κ1) is 13.9. The Bertz CT molecular complexity index is 477. The summed E-state index contributed by atoms with van der Waals surface area (Å²) >= 11 is 10.7. The van der Waals surface area contributed by atoms with Crippen molar-refractivity contribution in [3.8, 4) is 0 Å². The summed E-state index contributed by atoms with van der Waals surface area (Å²) in [5.74, 6) is 0.631. The van der Waals surface area contributed by atoms with Crippen molar-refractivity contribution in [3.63, 3.8) is 0 Å². The van der Waals surface area contributed by atoms with Gasteiger partial charge in [-0.3, -0.25) is 9.69 Å². The molecule has 3 aliphatic heterocycles. The minimum Gasteiger partial charge on any atom is -0.347 e. The van der Waals surface area contributed by atoms with E-state index in [1.54, 1.807) is 6.07 Å². The topological polar surface area (TPSA) is 32.3 Å². The Hall–Kier alpha value is -0.100. The number of fused-ring (bicyclic) bond motifs is 3. The van der Waals surface area contributed by atoms with Crippen LogP contribution in [0.2, 0.25) is 5.02 Å². The number of halogens is 2. The molecule has 0 saturated carbocycles. The van der Waals surface area contributed by atoms with E-state index in [-0.39, 0.29) is 11.9 Å². The molecule has 4 heterocycles. The highest BCUT2D eigenvalue weighted by Gasteiger charge is 2.40. The van der Waals surface area contributed by atoms with E-state index in [0.29, 0.717) is 21.9 Å². The third-order valence-corrected chi connectivity index (χ3v) is 6.82. The molecule has 6 heteroatoms. The molecule has 3 fully saturated rings.